The zero-order valence-corrected chi connectivity index (χ0v) is 18.7. The predicted molar refractivity (Wildman–Crippen MR) is 116 cm³/mol. The molecule has 2 rings (SSSR count). The number of carbonyl (C=O) groups excluding carboxylic acids is 3. The first-order chi connectivity index (χ1) is 13.7. The van der Waals surface area contributed by atoms with Crippen LogP contribution in [0, 0.1) is 13.8 Å². The van der Waals surface area contributed by atoms with E-state index >= 15 is 0 Å². The monoisotopic (exact) mass is 483 g/mol. The van der Waals surface area contributed by atoms with Crippen LogP contribution in [0.4, 0.5) is 10.7 Å². The maximum atomic E-state index is 12.4. The minimum absolute atomic E-state index is 0.0390. The summed E-state index contributed by atoms with van der Waals surface area (Å²) >= 11 is 4.38. The van der Waals surface area contributed by atoms with Crippen molar-refractivity contribution in [2.45, 2.75) is 13.8 Å². The molecular weight excluding hydrogens is 462 g/mol. The van der Waals surface area contributed by atoms with Crippen molar-refractivity contribution in [2.24, 2.45) is 5.73 Å². The van der Waals surface area contributed by atoms with Gasteiger partial charge in [0.1, 0.15) is 11.6 Å². The highest BCUT2D eigenvalue weighted by molar-refractivity contribution is 9.10. The van der Waals surface area contributed by atoms with Crippen LogP contribution in [-0.2, 0) is 14.3 Å². The predicted octanol–water partition coefficient (Wildman–Crippen LogP) is 3.08. The lowest BCUT2D eigenvalue weighted by atomic mass is 10.1. The normalized spacial score (nSPS) is 10.5. The largest absolute Gasteiger partial charge is 0.460 e. The number of benzene rings is 1. The zero-order chi connectivity index (χ0) is 21.6. The van der Waals surface area contributed by atoms with Crippen molar-refractivity contribution in [1.29, 1.82) is 0 Å². The Morgan fingerprint density at radius 1 is 1.21 bits per heavy atom. The van der Waals surface area contributed by atoms with Gasteiger partial charge >= 0.3 is 5.97 Å². The number of rotatable bonds is 9. The molecule has 0 unspecified atom stereocenters. The van der Waals surface area contributed by atoms with Gasteiger partial charge in [0, 0.05) is 17.3 Å². The molecule has 2 aromatic rings. The molecule has 1 aromatic carbocycles. The molecule has 0 spiro atoms. The highest BCUT2D eigenvalue weighted by atomic mass is 79.9. The summed E-state index contributed by atoms with van der Waals surface area (Å²) in [6.07, 6.45) is 0. The number of primary amides is 1. The van der Waals surface area contributed by atoms with E-state index in [0.29, 0.717) is 5.56 Å². The molecule has 4 N–H and O–H groups in total. The number of ether oxygens (including phenoxy) is 2. The molecule has 1 aromatic heterocycles. The first-order valence-corrected chi connectivity index (χ1v) is 10.2. The van der Waals surface area contributed by atoms with Gasteiger partial charge in [-0.15, -0.1) is 11.3 Å². The Kier molecular flexibility index (Phi) is 8.18. The fraction of sp³-hybridized carbons (Fsp3) is 0.316. The topological polar surface area (TPSA) is 120 Å². The second kappa shape index (κ2) is 10.4. The molecule has 1 heterocycles. The number of hydrogen-bond donors (Lipinski definition) is 3. The summed E-state index contributed by atoms with van der Waals surface area (Å²) in [5.74, 6) is -1.73. The first kappa shape index (κ1) is 22.9. The number of nitrogens with two attached hydrogens (primary N) is 1. The zero-order valence-electron chi connectivity index (χ0n) is 16.3. The van der Waals surface area contributed by atoms with Crippen LogP contribution in [0.3, 0.4) is 0 Å². The van der Waals surface area contributed by atoms with Gasteiger partial charge in [-0.05, 0) is 53.0 Å². The molecule has 156 valence electrons. The van der Waals surface area contributed by atoms with Crippen LogP contribution in [0.25, 0.3) is 0 Å². The summed E-state index contributed by atoms with van der Waals surface area (Å²) in [5.41, 5.74) is 7.70. The van der Waals surface area contributed by atoms with Gasteiger partial charge in [0.05, 0.1) is 23.6 Å². The maximum Gasteiger partial charge on any atom is 0.341 e. The third kappa shape index (κ3) is 6.02. The number of carbonyl (C=O) groups is 3. The molecule has 29 heavy (non-hydrogen) atoms. The molecule has 0 atom stereocenters. The van der Waals surface area contributed by atoms with E-state index in [1.807, 2.05) is 25.1 Å². The Hall–Kier alpha value is -2.43. The number of aryl methyl sites for hydroxylation is 1. The third-order valence-electron chi connectivity index (χ3n) is 3.91. The summed E-state index contributed by atoms with van der Waals surface area (Å²) in [5, 5.41) is 5.89. The van der Waals surface area contributed by atoms with Crippen LogP contribution in [-0.4, -0.2) is 44.7 Å². The van der Waals surface area contributed by atoms with Crippen LogP contribution >= 0.6 is 27.3 Å². The summed E-state index contributed by atoms with van der Waals surface area (Å²) in [6, 6.07) is 5.70. The maximum absolute atomic E-state index is 12.4. The molecule has 0 saturated carbocycles. The molecular formula is C19H22BrN3O5S. The second-order valence-corrected chi connectivity index (χ2v) is 8.01. The molecule has 0 fully saturated rings. The van der Waals surface area contributed by atoms with Crippen molar-refractivity contribution >= 4 is 55.7 Å². The van der Waals surface area contributed by atoms with E-state index in [1.54, 1.807) is 6.92 Å². The molecule has 0 aliphatic heterocycles. The van der Waals surface area contributed by atoms with Gasteiger partial charge in [0.15, 0.2) is 0 Å². The first-order valence-electron chi connectivity index (χ1n) is 8.63. The molecule has 0 bridgehead atoms. The Morgan fingerprint density at radius 2 is 1.93 bits per heavy atom. The lowest BCUT2D eigenvalue weighted by Gasteiger charge is -2.10. The van der Waals surface area contributed by atoms with Gasteiger partial charge < -0.3 is 25.8 Å². The van der Waals surface area contributed by atoms with Crippen molar-refractivity contribution in [3.05, 3.63) is 44.2 Å². The molecule has 0 radical (unpaired) electrons. The third-order valence-corrected chi connectivity index (χ3v) is 5.79. The van der Waals surface area contributed by atoms with Gasteiger partial charge in [-0.25, -0.2) is 4.79 Å². The van der Waals surface area contributed by atoms with Crippen molar-refractivity contribution < 1.29 is 23.9 Å². The van der Waals surface area contributed by atoms with Crippen LogP contribution < -0.4 is 16.4 Å². The summed E-state index contributed by atoms with van der Waals surface area (Å²) < 4.78 is 10.8. The number of anilines is 2. The van der Waals surface area contributed by atoms with Gasteiger partial charge in [-0.2, -0.15) is 0 Å². The van der Waals surface area contributed by atoms with Crippen LogP contribution in [0.2, 0.25) is 0 Å². The summed E-state index contributed by atoms with van der Waals surface area (Å²) in [6.45, 7) is 3.79. The molecule has 8 nitrogen and oxygen atoms in total. The van der Waals surface area contributed by atoms with E-state index in [2.05, 4.69) is 26.6 Å². The Bertz CT molecular complexity index is 929. The SMILES string of the molecule is COCCOC(=O)c1c(NC(=O)CNc2ccc(C)cc2Br)sc(C(N)=O)c1C. The average molecular weight is 484 g/mol. The van der Waals surface area contributed by atoms with Gasteiger partial charge in [-0.3, -0.25) is 9.59 Å². The fourth-order valence-corrected chi connectivity index (χ4v) is 4.18. The summed E-state index contributed by atoms with van der Waals surface area (Å²) in [4.78, 5) is 36.7. The number of methoxy groups -OCH3 is 1. The number of halogens is 1. The van der Waals surface area contributed by atoms with E-state index in [1.165, 1.54) is 7.11 Å². The molecule has 10 heteroatoms. The Labute approximate surface area is 180 Å². The molecule has 2 amide bonds. The Morgan fingerprint density at radius 3 is 2.55 bits per heavy atom. The van der Waals surface area contributed by atoms with E-state index in [4.69, 9.17) is 15.2 Å². The van der Waals surface area contributed by atoms with Gasteiger partial charge in [0.25, 0.3) is 5.91 Å². The molecule has 0 aliphatic rings. The second-order valence-electron chi connectivity index (χ2n) is 6.14. The average Bonchev–Trinajstić information content (AvgIpc) is 2.97. The lowest BCUT2D eigenvalue weighted by molar-refractivity contribution is -0.114. The van der Waals surface area contributed by atoms with Crippen molar-refractivity contribution in [3.8, 4) is 0 Å². The molecule has 0 saturated heterocycles. The van der Waals surface area contributed by atoms with E-state index in [0.717, 1.165) is 27.1 Å². The lowest BCUT2D eigenvalue weighted by Crippen LogP contribution is -2.23. The number of amides is 2. The smallest absolute Gasteiger partial charge is 0.341 e. The minimum atomic E-state index is -0.680. The number of thiophene rings is 1. The van der Waals surface area contributed by atoms with Crippen LogP contribution in [0.15, 0.2) is 22.7 Å². The fourth-order valence-electron chi connectivity index (χ4n) is 2.48. The van der Waals surface area contributed by atoms with Crippen molar-refractivity contribution in [1.82, 2.24) is 0 Å². The highest BCUT2D eigenvalue weighted by Gasteiger charge is 2.25. The highest BCUT2D eigenvalue weighted by Crippen LogP contribution is 2.33. The van der Waals surface area contributed by atoms with Gasteiger partial charge in [0.2, 0.25) is 5.91 Å². The van der Waals surface area contributed by atoms with Crippen molar-refractivity contribution in [2.75, 3.05) is 37.5 Å². The molecule has 0 aliphatic carbocycles. The standard InChI is InChI=1S/C19H22BrN3O5S/c1-10-4-5-13(12(20)8-10)22-9-14(24)23-18-15(19(26)28-7-6-27-3)11(2)16(29-18)17(21)25/h4-5,8,22H,6-7,9H2,1-3H3,(H2,21,25)(H,23,24). The van der Waals surface area contributed by atoms with Gasteiger partial charge in [-0.1, -0.05) is 6.07 Å². The van der Waals surface area contributed by atoms with Crippen molar-refractivity contribution in [3.63, 3.8) is 0 Å². The van der Waals surface area contributed by atoms with E-state index in [-0.39, 0.29) is 41.1 Å². The number of nitrogens with one attached hydrogen (secondary N) is 2. The number of hydrogen-bond acceptors (Lipinski definition) is 7. The Balaban J connectivity index is 2.15. The van der Waals surface area contributed by atoms with Crippen LogP contribution in [0.5, 0.6) is 0 Å². The van der Waals surface area contributed by atoms with E-state index in [9.17, 15) is 14.4 Å². The quantitative estimate of drug-likeness (QED) is 0.372. The van der Waals surface area contributed by atoms with Crippen LogP contribution in [0.1, 0.15) is 31.2 Å². The van der Waals surface area contributed by atoms with E-state index < -0.39 is 11.9 Å². The minimum Gasteiger partial charge on any atom is -0.460 e. The summed E-state index contributed by atoms with van der Waals surface area (Å²) in [7, 11) is 1.49. The number of esters is 1.